The van der Waals surface area contributed by atoms with Crippen LogP contribution in [0.25, 0.3) is 0 Å². The second-order valence-corrected chi connectivity index (χ2v) is 7.77. The van der Waals surface area contributed by atoms with Gasteiger partial charge in [-0.2, -0.15) is 0 Å². The quantitative estimate of drug-likeness (QED) is 0.324. The van der Waals surface area contributed by atoms with Gasteiger partial charge < -0.3 is 9.79 Å². The Morgan fingerprint density at radius 1 is 0.857 bits per heavy atom. The zero-order valence-corrected chi connectivity index (χ0v) is 14.8. The van der Waals surface area contributed by atoms with Gasteiger partial charge in [0.15, 0.2) is 0 Å². The molecule has 0 bridgehead atoms. The van der Waals surface area contributed by atoms with Crippen molar-refractivity contribution in [2.75, 3.05) is 6.16 Å². The smallest absolute Gasteiger partial charge is 0.324 e. The van der Waals surface area contributed by atoms with Gasteiger partial charge in [0, 0.05) is 0 Å². The van der Waals surface area contributed by atoms with Crippen molar-refractivity contribution in [3.63, 3.8) is 0 Å². The van der Waals surface area contributed by atoms with Gasteiger partial charge in [0.1, 0.15) is 0 Å². The summed E-state index contributed by atoms with van der Waals surface area (Å²) in [5.41, 5.74) is 4.10. The molecule has 0 saturated carbocycles. The summed E-state index contributed by atoms with van der Waals surface area (Å²) < 4.78 is 10.7. The Bertz CT molecular complexity index is 423. The number of allylic oxidation sites excluding steroid dienone is 6. The van der Waals surface area contributed by atoms with Crippen LogP contribution in [0.4, 0.5) is 0 Å². The van der Waals surface area contributed by atoms with Gasteiger partial charge in [-0.15, -0.1) is 0 Å². The van der Waals surface area contributed by atoms with Crippen molar-refractivity contribution >= 4 is 7.60 Å². The molecule has 0 rings (SSSR count). The molecule has 0 radical (unpaired) electrons. The SMILES string of the molecule is CC(C)=CCC/C(C)=C/CC/C(C)=C/CCCP(=O)(O)O. The van der Waals surface area contributed by atoms with E-state index in [1.807, 2.05) is 0 Å². The van der Waals surface area contributed by atoms with Crippen LogP contribution in [0, 0.1) is 0 Å². The van der Waals surface area contributed by atoms with E-state index in [4.69, 9.17) is 9.79 Å². The first-order chi connectivity index (χ1) is 9.70. The highest BCUT2D eigenvalue weighted by atomic mass is 31.2. The van der Waals surface area contributed by atoms with Crippen LogP contribution in [0.3, 0.4) is 0 Å². The van der Waals surface area contributed by atoms with Crippen molar-refractivity contribution in [1.82, 2.24) is 0 Å². The zero-order chi connectivity index (χ0) is 16.3. The summed E-state index contributed by atoms with van der Waals surface area (Å²) in [7, 11) is -3.82. The number of unbranched alkanes of at least 4 members (excludes halogenated alkanes) is 1. The molecule has 21 heavy (non-hydrogen) atoms. The minimum atomic E-state index is -3.82. The number of hydrogen-bond donors (Lipinski definition) is 2. The maximum Gasteiger partial charge on any atom is 0.325 e. The van der Waals surface area contributed by atoms with Gasteiger partial charge >= 0.3 is 7.60 Å². The highest BCUT2D eigenvalue weighted by Gasteiger charge is 2.10. The molecular weight excluding hydrogens is 283 g/mol. The maximum absolute atomic E-state index is 10.7. The summed E-state index contributed by atoms with van der Waals surface area (Å²) in [6.07, 6.45) is 12.3. The largest absolute Gasteiger partial charge is 0.325 e. The van der Waals surface area contributed by atoms with E-state index in [-0.39, 0.29) is 6.16 Å². The van der Waals surface area contributed by atoms with Gasteiger partial charge in [0.25, 0.3) is 0 Å². The Hall–Kier alpha value is -0.630. The fourth-order valence-corrected chi connectivity index (χ4v) is 2.58. The highest BCUT2D eigenvalue weighted by molar-refractivity contribution is 7.51. The standard InChI is InChI=1S/C17H31O3P/c1-15(2)9-7-11-17(4)13-8-12-16(3)10-5-6-14-21(18,19)20/h9-10,13H,5-8,11-12,14H2,1-4H3,(H2,18,19,20)/b16-10+,17-13+. The highest BCUT2D eigenvalue weighted by Crippen LogP contribution is 2.35. The molecule has 0 spiro atoms. The minimum Gasteiger partial charge on any atom is -0.324 e. The minimum absolute atomic E-state index is 0.0137. The summed E-state index contributed by atoms with van der Waals surface area (Å²) in [5.74, 6) is 0. The topological polar surface area (TPSA) is 57.5 Å². The van der Waals surface area contributed by atoms with Gasteiger partial charge in [0.05, 0.1) is 6.16 Å². The van der Waals surface area contributed by atoms with Crippen molar-refractivity contribution in [2.24, 2.45) is 0 Å². The van der Waals surface area contributed by atoms with E-state index in [9.17, 15) is 4.57 Å². The predicted molar refractivity (Wildman–Crippen MR) is 91.6 cm³/mol. The molecule has 0 aromatic rings. The summed E-state index contributed by atoms with van der Waals surface area (Å²) in [4.78, 5) is 17.5. The van der Waals surface area contributed by atoms with Crippen molar-refractivity contribution < 1.29 is 14.4 Å². The first-order valence-electron chi connectivity index (χ1n) is 7.70. The predicted octanol–water partition coefficient (Wildman–Crippen LogP) is 5.36. The van der Waals surface area contributed by atoms with Crippen LogP contribution >= 0.6 is 7.60 Å². The van der Waals surface area contributed by atoms with Crippen LogP contribution < -0.4 is 0 Å². The number of hydrogen-bond acceptors (Lipinski definition) is 1. The van der Waals surface area contributed by atoms with E-state index >= 15 is 0 Å². The molecular formula is C17H31O3P. The first kappa shape index (κ1) is 20.4. The zero-order valence-electron chi connectivity index (χ0n) is 13.9. The molecule has 0 heterocycles. The lowest BCUT2D eigenvalue weighted by molar-refractivity contribution is 0.372. The molecule has 0 amide bonds. The van der Waals surface area contributed by atoms with Gasteiger partial charge in [0.2, 0.25) is 0 Å². The summed E-state index contributed by atoms with van der Waals surface area (Å²) >= 11 is 0. The molecule has 0 saturated heterocycles. The molecule has 0 aromatic heterocycles. The molecule has 4 heteroatoms. The second-order valence-electron chi connectivity index (χ2n) is 5.99. The van der Waals surface area contributed by atoms with E-state index in [0.29, 0.717) is 6.42 Å². The molecule has 0 aliphatic heterocycles. The van der Waals surface area contributed by atoms with Gasteiger partial charge in [-0.1, -0.05) is 34.9 Å². The number of rotatable bonds is 10. The van der Waals surface area contributed by atoms with Crippen LogP contribution in [-0.2, 0) is 4.57 Å². The van der Waals surface area contributed by atoms with Crippen LogP contribution in [0.15, 0.2) is 34.9 Å². The molecule has 0 aliphatic rings. The maximum atomic E-state index is 10.7. The molecule has 0 aromatic carbocycles. The lowest BCUT2D eigenvalue weighted by atomic mass is 10.1. The van der Waals surface area contributed by atoms with Crippen molar-refractivity contribution in [2.45, 2.75) is 66.2 Å². The molecule has 0 atom stereocenters. The normalized spacial score (nSPS) is 13.4. The second kappa shape index (κ2) is 11.0. The van der Waals surface area contributed by atoms with Crippen molar-refractivity contribution in [3.05, 3.63) is 34.9 Å². The molecule has 0 aliphatic carbocycles. The molecule has 122 valence electrons. The molecule has 2 N–H and O–H groups in total. The first-order valence-corrected chi connectivity index (χ1v) is 9.49. The third-order valence-electron chi connectivity index (χ3n) is 3.27. The van der Waals surface area contributed by atoms with Crippen molar-refractivity contribution in [3.8, 4) is 0 Å². The fourth-order valence-electron chi connectivity index (χ4n) is 1.98. The van der Waals surface area contributed by atoms with Crippen LogP contribution in [0.2, 0.25) is 0 Å². The van der Waals surface area contributed by atoms with E-state index in [2.05, 4.69) is 45.9 Å². The molecule has 0 unspecified atom stereocenters. The lowest BCUT2D eigenvalue weighted by Crippen LogP contribution is -1.87. The van der Waals surface area contributed by atoms with Crippen LogP contribution in [0.1, 0.15) is 66.2 Å². The third kappa shape index (κ3) is 15.6. The Morgan fingerprint density at radius 3 is 1.81 bits per heavy atom. The summed E-state index contributed by atoms with van der Waals surface area (Å²) in [5, 5.41) is 0. The lowest BCUT2D eigenvalue weighted by Gasteiger charge is -2.03. The Kier molecular flexibility index (Phi) is 10.7. The van der Waals surface area contributed by atoms with Gasteiger partial charge in [-0.05, 0) is 66.2 Å². The van der Waals surface area contributed by atoms with E-state index in [1.165, 1.54) is 16.7 Å². The Balaban J connectivity index is 3.88. The van der Waals surface area contributed by atoms with E-state index in [0.717, 1.165) is 32.1 Å². The van der Waals surface area contributed by atoms with Gasteiger partial charge in [-0.25, -0.2) is 0 Å². The average Bonchev–Trinajstić information content (AvgIpc) is 2.33. The fraction of sp³-hybridized carbons (Fsp3) is 0.647. The van der Waals surface area contributed by atoms with Gasteiger partial charge in [-0.3, -0.25) is 4.57 Å². The van der Waals surface area contributed by atoms with Crippen molar-refractivity contribution in [1.29, 1.82) is 0 Å². The van der Waals surface area contributed by atoms with Crippen LogP contribution in [0.5, 0.6) is 0 Å². The Labute approximate surface area is 130 Å². The average molecular weight is 314 g/mol. The summed E-state index contributed by atoms with van der Waals surface area (Å²) in [6, 6.07) is 0. The summed E-state index contributed by atoms with van der Waals surface area (Å²) in [6.45, 7) is 8.51. The Morgan fingerprint density at radius 2 is 1.33 bits per heavy atom. The molecule has 3 nitrogen and oxygen atoms in total. The monoisotopic (exact) mass is 314 g/mol. The molecule has 0 fully saturated rings. The van der Waals surface area contributed by atoms with E-state index < -0.39 is 7.60 Å². The third-order valence-corrected chi connectivity index (χ3v) is 4.17. The van der Waals surface area contributed by atoms with Crippen LogP contribution in [-0.4, -0.2) is 15.9 Å². The van der Waals surface area contributed by atoms with E-state index in [1.54, 1.807) is 0 Å².